The molecule has 0 bridgehead atoms. The molecule has 0 aromatic heterocycles. The second-order valence-electron chi connectivity index (χ2n) is 5.48. The van der Waals surface area contributed by atoms with Gasteiger partial charge in [0.05, 0.1) is 13.7 Å². The third kappa shape index (κ3) is 5.04. The van der Waals surface area contributed by atoms with Gasteiger partial charge in [-0.25, -0.2) is 4.79 Å². The first kappa shape index (κ1) is 14.5. The molecular formula is C13H25NO3. The molecular weight excluding hydrogens is 218 g/mol. The maximum absolute atomic E-state index is 11.8. The van der Waals surface area contributed by atoms with E-state index >= 15 is 0 Å². The van der Waals surface area contributed by atoms with Gasteiger partial charge in [0.1, 0.15) is 5.54 Å². The highest BCUT2D eigenvalue weighted by molar-refractivity contribution is 5.80. The Morgan fingerprint density at radius 1 is 1.47 bits per heavy atom. The van der Waals surface area contributed by atoms with Gasteiger partial charge in [-0.2, -0.15) is 0 Å². The van der Waals surface area contributed by atoms with E-state index in [0.717, 1.165) is 19.3 Å². The molecule has 1 unspecified atom stereocenters. The molecule has 4 heteroatoms. The van der Waals surface area contributed by atoms with E-state index in [1.165, 1.54) is 7.11 Å². The van der Waals surface area contributed by atoms with Crippen LogP contribution < -0.4 is 5.32 Å². The van der Waals surface area contributed by atoms with Crippen molar-refractivity contribution >= 4 is 5.97 Å². The lowest BCUT2D eigenvalue weighted by atomic mass is 10.0. The van der Waals surface area contributed by atoms with Crippen LogP contribution in [0.3, 0.4) is 0 Å². The molecule has 0 radical (unpaired) electrons. The van der Waals surface area contributed by atoms with Crippen LogP contribution in [0.1, 0.15) is 40.0 Å². The van der Waals surface area contributed by atoms with Crippen LogP contribution in [-0.4, -0.2) is 37.9 Å². The SMILES string of the molecule is COC(=O)C(C)(COCCC(C)C)NC1CC1. The molecule has 4 nitrogen and oxygen atoms in total. The number of nitrogens with one attached hydrogen (secondary N) is 1. The molecule has 1 atom stereocenters. The molecule has 0 amide bonds. The van der Waals surface area contributed by atoms with Crippen molar-refractivity contribution in [2.24, 2.45) is 5.92 Å². The Morgan fingerprint density at radius 3 is 2.59 bits per heavy atom. The van der Waals surface area contributed by atoms with Gasteiger partial charge in [0.2, 0.25) is 0 Å². The minimum Gasteiger partial charge on any atom is -0.468 e. The minimum atomic E-state index is -0.701. The van der Waals surface area contributed by atoms with Gasteiger partial charge in [-0.3, -0.25) is 5.32 Å². The Hall–Kier alpha value is -0.610. The smallest absolute Gasteiger partial charge is 0.328 e. The molecule has 1 N–H and O–H groups in total. The Kier molecular flexibility index (Phi) is 5.40. The zero-order valence-corrected chi connectivity index (χ0v) is 11.4. The van der Waals surface area contributed by atoms with Crippen LogP contribution in [0.4, 0.5) is 0 Å². The summed E-state index contributed by atoms with van der Waals surface area (Å²) in [7, 11) is 1.42. The minimum absolute atomic E-state index is 0.242. The number of ether oxygens (including phenoxy) is 2. The van der Waals surface area contributed by atoms with E-state index in [1.54, 1.807) is 0 Å². The lowest BCUT2D eigenvalue weighted by Crippen LogP contribution is -2.54. The van der Waals surface area contributed by atoms with Crippen molar-refractivity contribution < 1.29 is 14.3 Å². The first-order valence-corrected chi connectivity index (χ1v) is 6.42. The standard InChI is InChI=1S/C13H25NO3/c1-10(2)7-8-17-9-13(3,12(15)16-4)14-11-5-6-11/h10-11,14H,5-9H2,1-4H3. The summed E-state index contributed by atoms with van der Waals surface area (Å²) < 4.78 is 10.4. The summed E-state index contributed by atoms with van der Waals surface area (Å²) >= 11 is 0. The topological polar surface area (TPSA) is 47.6 Å². The van der Waals surface area contributed by atoms with Gasteiger partial charge in [-0.15, -0.1) is 0 Å². The van der Waals surface area contributed by atoms with Crippen LogP contribution in [0, 0.1) is 5.92 Å². The largest absolute Gasteiger partial charge is 0.468 e. The fourth-order valence-electron chi connectivity index (χ4n) is 1.66. The number of carbonyl (C=O) groups is 1. The van der Waals surface area contributed by atoms with Crippen LogP contribution in [0.25, 0.3) is 0 Å². The molecule has 100 valence electrons. The van der Waals surface area contributed by atoms with Gasteiger partial charge >= 0.3 is 5.97 Å². The number of carbonyl (C=O) groups excluding carboxylic acids is 1. The third-order valence-electron chi connectivity index (χ3n) is 2.97. The summed E-state index contributed by atoms with van der Waals surface area (Å²) in [5.74, 6) is 0.379. The van der Waals surface area contributed by atoms with Gasteiger partial charge in [-0.1, -0.05) is 13.8 Å². The zero-order valence-electron chi connectivity index (χ0n) is 11.4. The Balaban J connectivity index is 2.36. The second-order valence-corrected chi connectivity index (χ2v) is 5.48. The van der Waals surface area contributed by atoms with E-state index in [9.17, 15) is 4.79 Å². The van der Waals surface area contributed by atoms with Gasteiger partial charge in [0, 0.05) is 12.6 Å². The number of hydrogen-bond donors (Lipinski definition) is 1. The van der Waals surface area contributed by atoms with Crippen molar-refractivity contribution in [3.05, 3.63) is 0 Å². The molecule has 1 aliphatic carbocycles. The summed E-state index contributed by atoms with van der Waals surface area (Å²) in [6.45, 7) is 7.24. The van der Waals surface area contributed by atoms with Gasteiger partial charge in [0.25, 0.3) is 0 Å². The average molecular weight is 243 g/mol. The Bertz CT molecular complexity index is 251. The van der Waals surface area contributed by atoms with E-state index in [1.807, 2.05) is 6.92 Å². The molecule has 0 aromatic carbocycles. The van der Waals surface area contributed by atoms with Crippen LogP contribution >= 0.6 is 0 Å². The lowest BCUT2D eigenvalue weighted by molar-refractivity contribution is -0.150. The predicted molar refractivity (Wildman–Crippen MR) is 66.9 cm³/mol. The van der Waals surface area contributed by atoms with Crippen molar-refractivity contribution in [3.63, 3.8) is 0 Å². The van der Waals surface area contributed by atoms with Gasteiger partial charge in [0.15, 0.2) is 0 Å². The van der Waals surface area contributed by atoms with Crippen molar-refractivity contribution in [2.45, 2.75) is 51.6 Å². The fraction of sp³-hybridized carbons (Fsp3) is 0.923. The molecule has 1 fully saturated rings. The third-order valence-corrected chi connectivity index (χ3v) is 2.97. The molecule has 1 aliphatic rings. The van der Waals surface area contributed by atoms with Crippen LogP contribution in [0.2, 0.25) is 0 Å². The first-order valence-electron chi connectivity index (χ1n) is 6.42. The highest BCUT2D eigenvalue weighted by Gasteiger charge is 2.39. The fourth-order valence-corrected chi connectivity index (χ4v) is 1.66. The molecule has 0 saturated heterocycles. The van der Waals surface area contributed by atoms with E-state index in [-0.39, 0.29) is 5.97 Å². The Morgan fingerprint density at radius 2 is 2.12 bits per heavy atom. The molecule has 0 spiro atoms. The molecule has 0 heterocycles. The van der Waals surface area contributed by atoms with Gasteiger partial charge in [-0.05, 0) is 32.1 Å². The summed E-state index contributed by atoms with van der Waals surface area (Å²) in [6.07, 6.45) is 3.29. The quantitative estimate of drug-likeness (QED) is 0.521. The molecule has 0 aliphatic heterocycles. The number of rotatable bonds is 8. The molecule has 0 aromatic rings. The monoisotopic (exact) mass is 243 g/mol. The van der Waals surface area contributed by atoms with Crippen molar-refractivity contribution in [1.82, 2.24) is 5.32 Å². The summed E-state index contributed by atoms with van der Waals surface area (Å²) in [5, 5.41) is 3.31. The maximum atomic E-state index is 11.8. The number of hydrogen-bond acceptors (Lipinski definition) is 4. The average Bonchev–Trinajstić information content (AvgIpc) is 3.06. The highest BCUT2D eigenvalue weighted by Crippen LogP contribution is 2.23. The summed E-state index contributed by atoms with van der Waals surface area (Å²) in [4.78, 5) is 11.8. The van der Waals surface area contributed by atoms with E-state index in [2.05, 4.69) is 19.2 Å². The zero-order chi connectivity index (χ0) is 12.9. The first-order chi connectivity index (χ1) is 7.98. The number of methoxy groups -OCH3 is 1. The van der Waals surface area contributed by atoms with E-state index in [0.29, 0.717) is 25.2 Å². The molecule has 1 saturated carbocycles. The second kappa shape index (κ2) is 6.36. The summed E-state index contributed by atoms with van der Waals surface area (Å²) in [6, 6.07) is 0.452. The summed E-state index contributed by atoms with van der Waals surface area (Å²) in [5.41, 5.74) is -0.701. The maximum Gasteiger partial charge on any atom is 0.328 e. The predicted octanol–water partition coefficient (Wildman–Crippen LogP) is 1.73. The Labute approximate surface area is 104 Å². The normalized spacial score (nSPS) is 19.1. The van der Waals surface area contributed by atoms with E-state index in [4.69, 9.17) is 9.47 Å². The lowest BCUT2D eigenvalue weighted by Gasteiger charge is -2.28. The van der Waals surface area contributed by atoms with Crippen LogP contribution in [0.15, 0.2) is 0 Å². The highest BCUT2D eigenvalue weighted by atomic mass is 16.5. The molecule has 17 heavy (non-hydrogen) atoms. The van der Waals surface area contributed by atoms with E-state index < -0.39 is 5.54 Å². The van der Waals surface area contributed by atoms with Crippen molar-refractivity contribution in [1.29, 1.82) is 0 Å². The van der Waals surface area contributed by atoms with Gasteiger partial charge < -0.3 is 9.47 Å². The molecule has 1 rings (SSSR count). The number of esters is 1. The van der Waals surface area contributed by atoms with Crippen LogP contribution in [0.5, 0.6) is 0 Å². The van der Waals surface area contributed by atoms with Crippen molar-refractivity contribution in [2.75, 3.05) is 20.3 Å². The van der Waals surface area contributed by atoms with Crippen molar-refractivity contribution in [3.8, 4) is 0 Å². The van der Waals surface area contributed by atoms with Crippen LogP contribution in [-0.2, 0) is 14.3 Å².